The highest BCUT2D eigenvalue weighted by Crippen LogP contribution is 2.31. The predicted molar refractivity (Wildman–Crippen MR) is 77.6 cm³/mol. The zero-order chi connectivity index (χ0) is 14.0. The highest BCUT2D eigenvalue weighted by molar-refractivity contribution is 6.30. The molecule has 19 heavy (non-hydrogen) atoms. The average Bonchev–Trinajstić information content (AvgIpc) is 2.41. The van der Waals surface area contributed by atoms with Gasteiger partial charge in [0.15, 0.2) is 5.82 Å². The van der Waals surface area contributed by atoms with Gasteiger partial charge in [0, 0.05) is 16.3 Å². The van der Waals surface area contributed by atoms with E-state index in [1.807, 2.05) is 19.9 Å². The first-order valence-electron chi connectivity index (χ1n) is 6.03. The molecule has 2 rings (SSSR count). The largest absolute Gasteiger partial charge is 0.496 e. The molecule has 4 nitrogen and oxygen atoms in total. The number of nitrogens with zero attached hydrogens (tertiary/aromatic N) is 2. The van der Waals surface area contributed by atoms with Crippen molar-refractivity contribution in [1.29, 1.82) is 0 Å². The quantitative estimate of drug-likeness (QED) is 0.935. The van der Waals surface area contributed by atoms with Crippen LogP contribution in [-0.4, -0.2) is 17.1 Å². The fraction of sp³-hybridized carbons (Fsp3) is 0.286. The number of nitrogen functional groups attached to an aromatic ring is 1. The lowest BCUT2D eigenvalue weighted by Crippen LogP contribution is -2.04. The highest BCUT2D eigenvalue weighted by Gasteiger charge is 2.13. The molecule has 1 heterocycles. The third kappa shape index (κ3) is 2.63. The van der Waals surface area contributed by atoms with E-state index in [0.29, 0.717) is 22.4 Å². The first-order chi connectivity index (χ1) is 9.06. The van der Waals surface area contributed by atoms with E-state index in [1.165, 1.54) is 0 Å². The maximum Gasteiger partial charge on any atom is 0.165 e. The van der Waals surface area contributed by atoms with Crippen LogP contribution in [0.25, 0.3) is 11.4 Å². The Hall–Kier alpha value is -1.81. The number of ether oxygens (including phenoxy) is 1. The van der Waals surface area contributed by atoms with Gasteiger partial charge in [-0.25, -0.2) is 9.97 Å². The SMILES string of the molecule is CCc1nc(-c2ccc(Cl)cc2OC)nc(N)c1C. The van der Waals surface area contributed by atoms with Gasteiger partial charge >= 0.3 is 0 Å². The molecule has 0 amide bonds. The summed E-state index contributed by atoms with van der Waals surface area (Å²) in [6.07, 6.45) is 0.807. The van der Waals surface area contributed by atoms with Gasteiger partial charge in [-0.15, -0.1) is 0 Å². The van der Waals surface area contributed by atoms with Crippen LogP contribution in [0.5, 0.6) is 5.75 Å². The lowest BCUT2D eigenvalue weighted by Gasteiger charge is -2.11. The minimum atomic E-state index is 0.499. The van der Waals surface area contributed by atoms with Crippen molar-refractivity contribution in [2.45, 2.75) is 20.3 Å². The van der Waals surface area contributed by atoms with Crippen LogP contribution < -0.4 is 10.5 Å². The summed E-state index contributed by atoms with van der Waals surface area (Å²) in [5.74, 6) is 1.70. The van der Waals surface area contributed by atoms with E-state index in [2.05, 4.69) is 9.97 Å². The van der Waals surface area contributed by atoms with Crippen molar-refractivity contribution in [3.63, 3.8) is 0 Å². The summed E-state index contributed by atoms with van der Waals surface area (Å²) in [5.41, 5.74) is 8.60. The second-order valence-electron chi connectivity index (χ2n) is 4.20. The molecule has 1 aromatic heterocycles. The number of hydrogen-bond donors (Lipinski definition) is 1. The van der Waals surface area contributed by atoms with Crippen molar-refractivity contribution >= 4 is 17.4 Å². The number of benzene rings is 1. The van der Waals surface area contributed by atoms with Crippen LogP contribution in [0.2, 0.25) is 5.02 Å². The van der Waals surface area contributed by atoms with Crippen LogP contribution in [0.1, 0.15) is 18.2 Å². The molecule has 100 valence electrons. The van der Waals surface area contributed by atoms with Gasteiger partial charge in [-0.05, 0) is 31.5 Å². The molecule has 1 aromatic carbocycles. The number of aromatic nitrogens is 2. The summed E-state index contributed by atoms with van der Waals surface area (Å²) in [6.45, 7) is 3.97. The monoisotopic (exact) mass is 277 g/mol. The standard InChI is InChI=1S/C14H16ClN3O/c1-4-11-8(2)13(16)18-14(17-11)10-6-5-9(15)7-12(10)19-3/h5-7H,4H2,1-3H3,(H2,16,17,18). The molecule has 2 aromatic rings. The molecule has 2 N–H and O–H groups in total. The Morgan fingerprint density at radius 3 is 2.68 bits per heavy atom. The van der Waals surface area contributed by atoms with Gasteiger partial charge < -0.3 is 10.5 Å². The third-order valence-electron chi connectivity index (χ3n) is 3.02. The molecule has 0 atom stereocenters. The Kier molecular flexibility index (Phi) is 3.90. The Morgan fingerprint density at radius 1 is 1.32 bits per heavy atom. The zero-order valence-electron chi connectivity index (χ0n) is 11.2. The van der Waals surface area contributed by atoms with Gasteiger partial charge in [0.2, 0.25) is 0 Å². The molecule has 0 aliphatic carbocycles. The smallest absolute Gasteiger partial charge is 0.165 e. The van der Waals surface area contributed by atoms with E-state index in [1.54, 1.807) is 19.2 Å². The number of halogens is 1. The van der Waals surface area contributed by atoms with E-state index >= 15 is 0 Å². The van der Waals surface area contributed by atoms with Crippen LogP contribution in [0.3, 0.4) is 0 Å². The second kappa shape index (κ2) is 5.45. The first-order valence-corrected chi connectivity index (χ1v) is 6.41. The minimum absolute atomic E-state index is 0.499. The summed E-state index contributed by atoms with van der Waals surface area (Å²) < 4.78 is 5.32. The highest BCUT2D eigenvalue weighted by atomic mass is 35.5. The molecule has 0 aliphatic rings. The van der Waals surface area contributed by atoms with Gasteiger partial charge in [0.05, 0.1) is 12.7 Å². The Balaban J connectivity index is 2.62. The Labute approximate surface area is 117 Å². The van der Waals surface area contributed by atoms with Crippen LogP contribution in [0.15, 0.2) is 18.2 Å². The van der Waals surface area contributed by atoms with E-state index in [0.717, 1.165) is 23.2 Å². The molecule has 0 fully saturated rings. The lowest BCUT2D eigenvalue weighted by atomic mass is 10.1. The summed E-state index contributed by atoms with van der Waals surface area (Å²) >= 11 is 5.95. The van der Waals surface area contributed by atoms with Gasteiger partial charge in [0.1, 0.15) is 11.6 Å². The number of anilines is 1. The number of methoxy groups -OCH3 is 1. The molecule has 0 saturated carbocycles. The lowest BCUT2D eigenvalue weighted by molar-refractivity contribution is 0.416. The third-order valence-corrected chi connectivity index (χ3v) is 3.26. The summed E-state index contributed by atoms with van der Waals surface area (Å²) in [7, 11) is 1.59. The number of hydrogen-bond acceptors (Lipinski definition) is 4. The molecule has 0 radical (unpaired) electrons. The molecule has 0 unspecified atom stereocenters. The maximum absolute atomic E-state index is 5.95. The van der Waals surface area contributed by atoms with E-state index < -0.39 is 0 Å². The molecule has 5 heteroatoms. The number of aryl methyl sites for hydroxylation is 1. The van der Waals surface area contributed by atoms with Crippen molar-refractivity contribution in [2.24, 2.45) is 0 Å². The number of rotatable bonds is 3. The van der Waals surface area contributed by atoms with Crippen LogP contribution in [-0.2, 0) is 6.42 Å². The summed E-state index contributed by atoms with van der Waals surface area (Å²) in [6, 6.07) is 5.36. The topological polar surface area (TPSA) is 61.0 Å². The van der Waals surface area contributed by atoms with Crippen molar-refractivity contribution < 1.29 is 4.74 Å². The normalized spacial score (nSPS) is 10.5. The van der Waals surface area contributed by atoms with Crippen molar-refractivity contribution in [3.8, 4) is 17.1 Å². The second-order valence-corrected chi connectivity index (χ2v) is 4.64. The molecular formula is C14H16ClN3O. The Morgan fingerprint density at radius 2 is 2.05 bits per heavy atom. The van der Waals surface area contributed by atoms with Crippen molar-refractivity contribution in [3.05, 3.63) is 34.5 Å². The first kappa shape index (κ1) is 13.6. The van der Waals surface area contributed by atoms with Crippen LogP contribution in [0.4, 0.5) is 5.82 Å². The number of nitrogens with two attached hydrogens (primary N) is 1. The van der Waals surface area contributed by atoms with Crippen molar-refractivity contribution in [2.75, 3.05) is 12.8 Å². The molecule has 0 saturated heterocycles. The summed E-state index contributed by atoms with van der Waals surface area (Å²) in [4.78, 5) is 8.88. The fourth-order valence-corrected chi connectivity index (χ4v) is 2.06. The molecule has 0 bridgehead atoms. The van der Waals surface area contributed by atoms with E-state index in [-0.39, 0.29) is 0 Å². The van der Waals surface area contributed by atoms with Gasteiger partial charge in [-0.2, -0.15) is 0 Å². The van der Waals surface area contributed by atoms with Gasteiger partial charge in [0.25, 0.3) is 0 Å². The maximum atomic E-state index is 5.95. The van der Waals surface area contributed by atoms with Crippen LogP contribution >= 0.6 is 11.6 Å². The average molecular weight is 278 g/mol. The Bertz CT molecular complexity index is 614. The minimum Gasteiger partial charge on any atom is -0.496 e. The van der Waals surface area contributed by atoms with E-state index in [4.69, 9.17) is 22.1 Å². The predicted octanol–water partition coefficient (Wildman–Crippen LogP) is 3.26. The zero-order valence-corrected chi connectivity index (χ0v) is 12.0. The fourth-order valence-electron chi connectivity index (χ4n) is 1.90. The molecular weight excluding hydrogens is 262 g/mol. The van der Waals surface area contributed by atoms with Crippen molar-refractivity contribution in [1.82, 2.24) is 9.97 Å². The molecule has 0 aliphatic heterocycles. The van der Waals surface area contributed by atoms with Gasteiger partial charge in [-0.3, -0.25) is 0 Å². The van der Waals surface area contributed by atoms with Gasteiger partial charge in [-0.1, -0.05) is 18.5 Å². The molecule has 0 spiro atoms. The van der Waals surface area contributed by atoms with E-state index in [9.17, 15) is 0 Å². The van der Waals surface area contributed by atoms with Crippen LogP contribution in [0, 0.1) is 6.92 Å². The summed E-state index contributed by atoms with van der Waals surface area (Å²) in [5, 5.41) is 0.608.